The number of carboxylic acid groups (broad SMARTS) is 1. The van der Waals surface area contributed by atoms with Crippen LogP contribution in [0.3, 0.4) is 0 Å². The molecule has 0 aliphatic heterocycles. The first kappa shape index (κ1) is 32.5. The lowest BCUT2D eigenvalue weighted by Crippen LogP contribution is -2.42. The molecular weight excluding hydrogens is 502 g/mol. The van der Waals surface area contributed by atoms with E-state index in [4.69, 9.17) is 28.4 Å². The topological polar surface area (TPSA) is 156 Å². The van der Waals surface area contributed by atoms with Gasteiger partial charge in [0.25, 0.3) is 0 Å². The first-order valence-electron chi connectivity index (χ1n) is 12.5. The van der Waals surface area contributed by atoms with Gasteiger partial charge in [0.15, 0.2) is 11.5 Å². The fraction of sp³-hybridized carbons (Fsp3) is 0.615. The van der Waals surface area contributed by atoms with Crippen molar-refractivity contribution in [2.24, 2.45) is 0 Å². The molecule has 12 nitrogen and oxygen atoms in total. The Bertz CT molecular complexity index is 932. The number of benzene rings is 1. The largest absolute Gasteiger partial charge is 0.514 e. The lowest BCUT2D eigenvalue weighted by molar-refractivity contribution is -0.139. The Kier molecular flexibility index (Phi) is 14.0. The molecule has 0 heterocycles. The van der Waals surface area contributed by atoms with Gasteiger partial charge in [-0.1, -0.05) is 19.4 Å². The molecule has 0 bridgehead atoms. The Balaban J connectivity index is 2.93. The summed E-state index contributed by atoms with van der Waals surface area (Å²) in [6.45, 7) is 11.9. The minimum atomic E-state index is -1.15. The van der Waals surface area contributed by atoms with Crippen molar-refractivity contribution in [1.82, 2.24) is 5.32 Å². The number of ether oxygens (including phenoxy) is 6. The van der Waals surface area contributed by atoms with Crippen LogP contribution in [0, 0.1) is 0 Å². The second kappa shape index (κ2) is 16.3. The second-order valence-corrected chi connectivity index (χ2v) is 9.22. The zero-order chi connectivity index (χ0) is 28.8. The van der Waals surface area contributed by atoms with Gasteiger partial charge in [0, 0.05) is 6.54 Å². The van der Waals surface area contributed by atoms with E-state index in [1.54, 1.807) is 41.5 Å². The van der Waals surface area contributed by atoms with Crippen LogP contribution in [0.1, 0.15) is 66.9 Å². The highest BCUT2D eigenvalue weighted by Gasteiger charge is 2.23. The number of nitrogens with one attached hydrogen (secondary N) is 1. The minimum absolute atomic E-state index is 0.0354. The van der Waals surface area contributed by atoms with Crippen molar-refractivity contribution in [2.45, 2.75) is 98.2 Å². The van der Waals surface area contributed by atoms with Crippen LogP contribution in [0.2, 0.25) is 0 Å². The number of hydrogen-bond acceptors (Lipinski definition) is 11. The van der Waals surface area contributed by atoms with Gasteiger partial charge in [-0.25, -0.2) is 14.4 Å². The molecule has 1 aromatic rings. The maximum Gasteiger partial charge on any atom is 0.514 e. The lowest BCUT2D eigenvalue weighted by atomic mass is 10.0. The zero-order valence-corrected chi connectivity index (χ0v) is 23.0. The fourth-order valence-electron chi connectivity index (χ4n) is 3.11. The summed E-state index contributed by atoms with van der Waals surface area (Å²) in [6.07, 6.45) is -3.18. The Morgan fingerprint density at radius 1 is 0.789 bits per heavy atom. The SMILES string of the molecule is CCCC(C)OC(=O)OC(C)CN[C@@H](Cc1ccc(OC(=O)OC(C)C)c(OC(=O)OC(C)C)c1)C(=O)O. The molecular formula is C26H39NO11. The number of rotatable bonds is 14. The van der Waals surface area contributed by atoms with Gasteiger partial charge in [-0.2, -0.15) is 0 Å². The number of carbonyl (C=O) groups excluding carboxylic acids is 3. The highest BCUT2D eigenvalue weighted by atomic mass is 16.8. The van der Waals surface area contributed by atoms with E-state index in [2.05, 4.69) is 5.32 Å². The normalized spacial score (nSPS) is 13.3. The molecule has 2 N–H and O–H groups in total. The lowest BCUT2D eigenvalue weighted by Gasteiger charge is -2.20. The van der Waals surface area contributed by atoms with Gasteiger partial charge in [0.1, 0.15) is 18.2 Å². The van der Waals surface area contributed by atoms with Gasteiger partial charge in [-0.05, 0) is 72.1 Å². The first-order valence-corrected chi connectivity index (χ1v) is 12.5. The average Bonchev–Trinajstić information content (AvgIpc) is 2.76. The van der Waals surface area contributed by atoms with Crippen molar-refractivity contribution in [3.05, 3.63) is 23.8 Å². The third kappa shape index (κ3) is 13.1. The quantitative estimate of drug-likeness (QED) is 0.188. The highest BCUT2D eigenvalue weighted by Crippen LogP contribution is 2.30. The standard InChI is InChI=1S/C26H39NO11/c1-8-9-17(6)35-26(32)36-18(7)14-27-20(23(28)29)12-19-10-11-21(37-24(30)33-15(2)3)22(13-19)38-25(31)34-16(4)5/h10-11,13,15-18,20,27H,8-9,12,14H2,1-7H3,(H,28,29)/t17?,18?,20-/m0/s1. The van der Waals surface area contributed by atoms with E-state index in [9.17, 15) is 24.3 Å². The maximum absolute atomic E-state index is 12.1. The van der Waals surface area contributed by atoms with Crippen molar-refractivity contribution in [3.63, 3.8) is 0 Å². The smallest absolute Gasteiger partial charge is 0.480 e. The molecule has 1 rings (SSSR count). The molecule has 38 heavy (non-hydrogen) atoms. The van der Waals surface area contributed by atoms with Crippen LogP contribution in [-0.2, 0) is 30.2 Å². The van der Waals surface area contributed by atoms with Gasteiger partial charge in [-0.3, -0.25) is 4.79 Å². The molecule has 1 aromatic carbocycles. The molecule has 214 valence electrons. The monoisotopic (exact) mass is 541 g/mol. The summed E-state index contributed by atoms with van der Waals surface area (Å²) < 4.78 is 30.6. The fourth-order valence-corrected chi connectivity index (χ4v) is 3.11. The van der Waals surface area contributed by atoms with E-state index < -0.39 is 48.8 Å². The zero-order valence-electron chi connectivity index (χ0n) is 23.0. The molecule has 0 saturated carbocycles. The third-order valence-corrected chi connectivity index (χ3v) is 4.74. The summed E-state index contributed by atoms with van der Waals surface area (Å²) in [4.78, 5) is 47.8. The molecule has 2 unspecified atom stereocenters. The number of hydrogen-bond donors (Lipinski definition) is 2. The van der Waals surface area contributed by atoms with Crippen LogP contribution in [0.4, 0.5) is 14.4 Å². The van der Waals surface area contributed by atoms with Crippen LogP contribution < -0.4 is 14.8 Å². The third-order valence-electron chi connectivity index (χ3n) is 4.74. The van der Waals surface area contributed by atoms with Crippen LogP contribution >= 0.6 is 0 Å². The molecule has 0 amide bonds. The van der Waals surface area contributed by atoms with Gasteiger partial charge in [-0.15, -0.1) is 0 Å². The van der Waals surface area contributed by atoms with Crippen molar-refractivity contribution < 1.29 is 52.7 Å². The number of carboxylic acids is 1. The van der Waals surface area contributed by atoms with Crippen molar-refractivity contribution >= 4 is 24.4 Å². The van der Waals surface area contributed by atoms with Crippen molar-refractivity contribution in [2.75, 3.05) is 6.54 Å². The minimum Gasteiger partial charge on any atom is -0.480 e. The second-order valence-electron chi connectivity index (χ2n) is 9.22. The Labute approximate surface area is 222 Å². The highest BCUT2D eigenvalue weighted by molar-refractivity contribution is 5.74. The van der Waals surface area contributed by atoms with Gasteiger partial charge < -0.3 is 38.8 Å². The summed E-state index contributed by atoms with van der Waals surface area (Å²) in [5.74, 6) is -1.42. The van der Waals surface area contributed by atoms with E-state index in [0.29, 0.717) is 12.0 Å². The number of carbonyl (C=O) groups is 4. The molecule has 0 aromatic heterocycles. The van der Waals surface area contributed by atoms with Crippen molar-refractivity contribution in [3.8, 4) is 11.5 Å². The van der Waals surface area contributed by atoms with Crippen LogP contribution in [0.15, 0.2) is 18.2 Å². The molecule has 0 spiro atoms. The molecule has 0 saturated heterocycles. The molecule has 0 aliphatic carbocycles. The van der Waals surface area contributed by atoms with Gasteiger partial charge >= 0.3 is 24.4 Å². The molecule has 3 atom stereocenters. The summed E-state index contributed by atoms with van der Waals surface area (Å²) >= 11 is 0. The summed E-state index contributed by atoms with van der Waals surface area (Å²) in [6, 6.07) is 3.16. The summed E-state index contributed by atoms with van der Waals surface area (Å²) in [5, 5.41) is 12.5. The first-order chi connectivity index (χ1) is 17.8. The van der Waals surface area contributed by atoms with Crippen molar-refractivity contribution in [1.29, 1.82) is 0 Å². The molecule has 0 fully saturated rings. The molecule has 12 heteroatoms. The van der Waals surface area contributed by atoms with E-state index in [0.717, 1.165) is 6.42 Å². The van der Waals surface area contributed by atoms with E-state index in [-0.39, 0.29) is 30.6 Å². The van der Waals surface area contributed by atoms with Gasteiger partial charge in [0.2, 0.25) is 0 Å². The molecule has 0 radical (unpaired) electrons. The average molecular weight is 542 g/mol. The predicted molar refractivity (Wildman–Crippen MR) is 135 cm³/mol. The van der Waals surface area contributed by atoms with E-state index >= 15 is 0 Å². The number of aliphatic carboxylic acids is 1. The summed E-state index contributed by atoms with van der Waals surface area (Å²) in [5.41, 5.74) is 0.447. The Hall–Kier alpha value is -3.54. The van der Waals surface area contributed by atoms with Crippen LogP contribution in [0.25, 0.3) is 0 Å². The van der Waals surface area contributed by atoms with E-state index in [1.165, 1.54) is 18.2 Å². The molecule has 0 aliphatic rings. The Morgan fingerprint density at radius 2 is 1.34 bits per heavy atom. The Morgan fingerprint density at radius 3 is 1.87 bits per heavy atom. The van der Waals surface area contributed by atoms with Crippen LogP contribution in [0.5, 0.6) is 11.5 Å². The summed E-state index contributed by atoms with van der Waals surface area (Å²) in [7, 11) is 0. The predicted octanol–water partition coefficient (Wildman–Crippen LogP) is 4.85. The van der Waals surface area contributed by atoms with E-state index in [1.807, 2.05) is 6.92 Å². The maximum atomic E-state index is 12.1. The van der Waals surface area contributed by atoms with Crippen LogP contribution in [-0.4, -0.2) is 66.5 Å². The van der Waals surface area contributed by atoms with Gasteiger partial charge in [0.05, 0.1) is 12.2 Å².